The molecule has 0 aliphatic heterocycles. The van der Waals surface area contributed by atoms with Crippen molar-refractivity contribution in [3.8, 4) is 6.19 Å². The Morgan fingerprint density at radius 3 is 2.55 bits per heavy atom. The normalized spacial score (nSPS) is 9.18. The van der Waals surface area contributed by atoms with Crippen LogP contribution in [0.3, 0.4) is 0 Å². The van der Waals surface area contributed by atoms with Crippen LogP contribution in [0.4, 0.5) is 0 Å². The predicted molar refractivity (Wildman–Crippen MR) is 50.5 cm³/mol. The number of nitrogens with zero attached hydrogens (tertiary/aromatic N) is 2. The van der Waals surface area contributed by atoms with Crippen LogP contribution in [0.1, 0.15) is 26.2 Å². The molecule has 2 nitrogen and oxygen atoms in total. The van der Waals surface area contributed by atoms with Crippen molar-refractivity contribution >= 4 is 15.9 Å². The summed E-state index contributed by atoms with van der Waals surface area (Å²) < 4.78 is 0. The Morgan fingerprint density at radius 2 is 2.09 bits per heavy atom. The first kappa shape index (κ1) is 10.8. The number of unbranched alkanes of at least 4 members (excludes halogenated alkanes) is 2. The second-order valence-corrected chi connectivity index (χ2v) is 3.22. The Kier molecular flexibility index (Phi) is 7.71. The van der Waals surface area contributed by atoms with Gasteiger partial charge in [0.1, 0.15) is 0 Å². The van der Waals surface area contributed by atoms with Gasteiger partial charge in [0.15, 0.2) is 6.19 Å². The maximum atomic E-state index is 8.55. The van der Waals surface area contributed by atoms with E-state index in [0.717, 1.165) is 24.8 Å². The van der Waals surface area contributed by atoms with E-state index in [4.69, 9.17) is 5.26 Å². The predicted octanol–water partition coefficient (Wildman–Crippen LogP) is 2.35. The average molecular weight is 219 g/mol. The van der Waals surface area contributed by atoms with Crippen molar-refractivity contribution in [2.75, 3.05) is 18.4 Å². The second kappa shape index (κ2) is 7.87. The van der Waals surface area contributed by atoms with E-state index in [1.165, 1.54) is 12.8 Å². The van der Waals surface area contributed by atoms with Crippen molar-refractivity contribution in [3.05, 3.63) is 0 Å². The van der Waals surface area contributed by atoms with E-state index < -0.39 is 0 Å². The molecular formula is C8H15BrN2. The number of hydrogen-bond donors (Lipinski definition) is 0. The summed E-state index contributed by atoms with van der Waals surface area (Å²) in [6.07, 6.45) is 5.71. The van der Waals surface area contributed by atoms with Gasteiger partial charge in [-0.25, -0.2) is 0 Å². The molecule has 0 aromatic rings. The summed E-state index contributed by atoms with van der Waals surface area (Å²) in [5.74, 6) is 0. The fourth-order valence-corrected chi connectivity index (χ4v) is 1.25. The minimum Gasteiger partial charge on any atom is -0.311 e. The van der Waals surface area contributed by atoms with Crippen LogP contribution in [0.2, 0.25) is 0 Å². The Morgan fingerprint density at radius 1 is 1.36 bits per heavy atom. The summed E-state index contributed by atoms with van der Waals surface area (Å²) in [7, 11) is 0. The Hall–Kier alpha value is -0.230. The number of halogens is 1. The lowest BCUT2D eigenvalue weighted by Crippen LogP contribution is -2.17. The van der Waals surface area contributed by atoms with Gasteiger partial charge in [0.2, 0.25) is 0 Å². The number of hydrogen-bond acceptors (Lipinski definition) is 2. The van der Waals surface area contributed by atoms with Crippen molar-refractivity contribution < 1.29 is 0 Å². The number of rotatable bonds is 6. The molecule has 0 aliphatic rings. The van der Waals surface area contributed by atoms with Crippen LogP contribution in [-0.4, -0.2) is 23.3 Å². The van der Waals surface area contributed by atoms with Crippen LogP contribution < -0.4 is 0 Å². The minimum absolute atomic E-state index is 0.838. The molecule has 0 heterocycles. The summed E-state index contributed by atoms with van der Waals surface area (Å²) in [6.45, 7) is 3.76. The van der Waals surface area contributed by atoms with Crippen molar-refractivity contribution in [3.63, 3.8) is 0 Å². The van der Waals surface area contributed by atoms with Crippen LogP contribution in [0.25, 0.3) is 0 Å². The fraction of sp³-hybridized carbons (Fsp3) is 0.875. The standard InChI is InChI=1S/C8H15BrN2/c1-2-11(8-10)7-5-3-4-6-9/h2-7H2,1H3. The third-order valence-electron chi connectivity index (χ3n) is 1.58. The van der Waals surface area contributed by atoms with Crippen LogP contribution in [0.5, 0.6) is 0 Å². The first-order chi connectivity index (χ1) is 5.35. The Bertz CT molecular complexity index is 120. The van der Waals surface area contributed by atoms with Gasteiger partial charge in [-0.05, 0) is 19.8 Å². The van der Waals surface area contributed by atoms with Crippen LogP contribution >= 0.6 is 15.9 Å². The summed E-state index contributed by atoms with van der Waals surface area (Å²) in [6, 6.07) is 0. The van der Waals surface area contributed by atoms with E-state index in [9.17, 15) is 0 Å². The monoisotopic (exact) mass is 218 g/mol. The van der Waals surface area contributed by atoms with E-state index in [1.807, 2.05) is 6.92 Å². The molecule has 0 saturated carbocycles. The zero-order valence-corrected chi connectivity index (χ0v) is 8.60. The molecule has 0 radical (unpaired) electrons. The topological polar surface area (TPSA) is 27.0 Å². The maximum Gasteiger partial charge on any atom is 0.179 e. The van der Waals surface area contributed by atoms with Gasteiger partial charge in [-0.2, -0.15) is 5.26 Å². The lowest BCUT2D eigenvalue weighted by atomic mass is 10.2. The lowest BCUT2D eigenvalue weighted by Gasteiger charge is -2.11. The molecule has 0 saturated heterocycles. The largest absolute Gasteiger partial charge is 0.311 e. The highest BCUT2D eigenvalue weighted by atomic mass is 79.9. The van der Waals surface area contributed by atoms with E-state index in [0.29, 0.717) is 0 Å². The minimum atomic E-state index is 0.838. The summed E-state index contributed by atoms with van der Waals surface area (Å²) in [4.78, 5) is 1.79. The van der Waals surface area contributed by atoms with Crippen molar-refractivity contribution in [1.29, 1.82) is 5.26 Å². The molecule has 0 aliphatic carbocycles. The molecule has 0 unspecified atom stereocenters. The molecule has 0 aromatic carbocycles. The zero-order valence-electron chi connectivity index (χ0n) is 7.02. The third kappa shape index (κ3) is 6.18. The molecule has 0 atom stereocenters. The average Bonchev–Trinajstić information content (AvgIpc) is 2.05. The second-order valence-electron chi connectivity index (χ2n) is 2.43. The van der Waals surface area contributed by atoms with Gasteiger partial charge in [0.25, 0.3) is 0 Å². The van der Waals surface area contributed by atoms with E-state index in [-0.39, 0.29) is 0 Å². The highest BCUT2D eigenvalue weighted by Gasteiger charge is 1.95. The molecule has 0 aromatic heterocycles. The van der Waals surface area contributed by atoms with Gasteiger partial charge >= 0.3 is 0 Å². The van der Waals surface area contributed by atoms with Gasteiger partial charge in [0.05, 0.1) is 0 Å². The molecule has 0 bridgehead atoms. The van der Waals surface area contributed by atoms with Gasteiger partial charge in [-0.3, -0.25) is 0 Å². The fourth-order valence-electron chi connectivity index (χ4n) is 0.853. The van der Waals surface area contributed by atoms with E-state index in [1.54, 1.807) is 4.90 Å². The van der Waals surface area contributed by atoms with Crippen LogP contribution in [-0.2, 0) is 0 Å². The molecule has 0 rings (SSSR count). The molecule has 0 spiro atoms. The summed E-state index contributed by atoms with van der Waals surface area (Å²) in [5.41, 5.74) is 0. The molecule has 0 fully saturated rings. The quantitative estimate of drug-likeness (QED) is 0.297. The zero-order chi connectivity index (χ0) is 8.53. The number of nitriles is 1. The molecule has 0 N–H and O–H groups in total. The van der Waals surface area contributed by atoms with Gasteiger partial charge in [-0.15, -0.1) is 0 Å². The van der Waals surface area contributed by atoms with Gasteiger partial charge in [0, 0.05) is 18.4 Å². The molecule has 0 amide bonds. The highest BCUT2D eigenvalue weighted by molar-refractivity contribution is 9.09. The van der Waals surface area contributed by atoms with Gasteiger partial charge in [-0.1, -0.05) is 22.4 Å². The third-order valence-corrected chi connectivity index (χ3v) is 2.15. The molecule has 11 heavy (non-hydrogen) atoms. The molecule has 64 valence electrons. The van der Waals surface area contributed by atoms with Gasteiger partial charge < -0.3 is 4.90 Å². The van der Waals surface area contributed by atoms with Crippen molar-refractivity contribution in [2.24, 2.45) is 0 Å². The first-order valence-corrected chi connectivity index (χ1v) is 5.18. The maximum absolute atomic E-state index is 8.55. The SMILES string of the molecule is CCN(C#N)CCCCCBr. The summed E-state index contributed by atoms with van der Waals surface area (Å²) >= 11 is 3.37. The smallest absolute Gasteiger partial charge is 0.179 e. The van der Waals surface area contributed by atoms with Crippen molar-refractivity contribution in [2.45, 2.75) is 26.2 Å². The Balaban J connectivity index is 3.16. The first-order valence-electron chi connectivity index (χ1n) is 4.05. The van der Waals surface area contributed by atoms with E-state index in [2.05, 4.69) is 22.1 Å². The highest BCUT2D eigenvalue weighted by Crippen LogP contribution is 1.99. The summed E-state index contributed by atoms with van der Waals surface area (Å²) in [5, 5.41) is 9.62. The van der Waals surface area contributed by atoms with Crippen LogP contribution in [0.15, 0.2) is 0 Å². The van der Waals surface area contributed by atoms with E-state index >= 15 is 0 Å². The van der Waals surface area contributed by atoms with Crippen LogP contribution in [0, 0.1) is 11.5 Å². The molecule has 3 heteroatoms. The lowest BCUT2D eigenvalue weighted by molar-refractivity contribution is 0.398. The number of alkyl halides is 1. The Labute approximate surface area is 77.3 Å². The van der Waals surface area contributed by atoms with Crippen molar-refractivity contribution in [1.82, 2.24) is 4.90 Å². The molecular weight excluding hydrogens is 204 g/mol.